The van der Waals surface area contributed by atoms with Crippen molar-refractivity contribution < 1.29 is 0 Å². The number of nitrogens with one attached hydrogen (secondary N) is 1. The van der Waals surface area contributed by atoms with Gasteiger partial charge < -0.3 is 11.1 Å². The first-order chi connectivity index (χ1) is 6.77. The summed E-state index contributed by atoms with van der Waals surface area (Å²) in [5.41, 5.74) is 5.59. The highest BCUT2D eigenvalue weighted by molar-refractivity contribution is 5.31. The van der Waals surface area contributed by atoms with Crippen molar-refractivity contribution in [3.8, 4) is 6.07 Å². The van der Waals surface area contributed by atoms with E-state index in [4.69, 9.17) is 11.0 Å². The third-order valence-corrected chi connectivity index (χ3v) is 1.67. The first-order valence-corrected chi connectivity index (χ1v) is 4.59. The molecule has 0 amide bonds. The largest absolute Gasteiger partial charge is 0.368 e. The van der Waals surface area contributed by atoms with Gasteiger partial charge in [0.1, 0.15) is 0 Å². The summed E-state index contributed by atoms with van der Waals surface area (Å²) < 4.78 is 1.53. The molecule has 6 nitrogen and oxygen atoms in total. The van der Waals surface area contributed by atoms with Gasteiger partial charge in [0.15, 0.2) is 0 Å². The van der Waals surface area contributed by atoms with Gasteiger partial charge in [0.05, 0.1) is 19.0 Å². The Morgan fingerprint density at radius 1 is 1.64 bits per heavy atom. The van der Waals surface area contributed by atoms with Crippen LogP contribution < -0.4 is 11.1 Å². The fourth-order valence-corrected chi connectivity index (χ4v) is 0.986. The maximum atomic E-state index is 8.40. The van der Waals surface area contributed by atoms with Crippen molar-refractivity contribution in [3.05, 3.63) is 0 Å². The molecule has 0 aromatic carbocycles. The minimum Gasteiger partial charge on any atom is -0.368 e. The summed E-state index contributed by atoms with van der Waals surface area (Å²) in [6.45, 7) is 3.37. The van der Waals surface area contributed by atoms with Crippen LogP contribution in [0.3, 0.4) is 0 Å². The highest BCUT2D eigenvalue weighted by Gasteiger charge is 2.04. The second-order valence-corrected chi connectivity index (χ2v) is 2.85. The predicted octanol–water partition coefficient (Wildman–Crippen LogP) is 0.596. The molecule has 0 radical (unpaired) electrons. The molecule has 0 aliphatic heterocycles. The molecule has 1 rings (SSSR count). The molecule has 14 heavy (non-hydrogen) atoms. The molecule has 0 bridgehead atoms. The van der Waals surface area contributed by atoms with Gasteiger partial charge in [-0.25, -0.2) is 4.68 Å². The number of aromatic nitrogens is 3. The number of hydrogen-bond donors (Lipinski definition) is 2. The maximum Gasteiger partial charge on any atom is 0.243 e. The number of hydrogen-bond acceptors (Lipinski definition) is 5. The van der Waals surface area contributed by atoms with Crippen LogP contribution >= 0.6 is 0 Å². The lowest BCUT2D eigenvalue weighted by Gasteiger charge is -1.97. The molecule has 76 valence electrons. The smallest absolute Gasteiger partial charge is 0.243 e. The number of nitrogens with zero attached hydrogens (tertiary/aromatic N) is 4. The van der Waals surface area contributed by atoms with Crippen LogP contribution in [-0.4, -0.2) is 21.3 Å². The molecule has 0 spiro atoms. The van der Waals surface area contributed by atoms with Crippen LogP contribution in [0.1, 0.15) is 19.8 Å². The molecule has 0 saturated heterocycles. The Hall–Kier alpha value is -1.77. The fraction of sp³-hybridized carbons (Fsp3) is 0.625. The number of nitrogen functional groups attached to an aromatic ring is 1. The van der Waals surface area contributed by atoms with E-state index >= 15 is 0 Å². The van der Waals surface area contributed by atoms with E-state index in [0.717, 1.165) is 13.0 Å². The monoisotopic (exact) mass is 194 g/mol. The molecule has 1 aromatic heterocycles. The topological polar surface area (TPSA) is 92.5 Å². The summed E-state index contributed by atoms with van der Waals surface area (Å²) >= 11 is 0. The average molecular weight is 194 g/mol. The molecule has 3 N–H and O–H groups in total. The quantitative estimate of drug-likeness (QED) is 0.715. The Kier molecular flexibility index (Phi) is 3.73. The van der Waals surface area contributed by atoms with Gasteiger partial charge in [-0.15, -0.1) is 5.10 Å². The Morgan fingerprint density at radius 2 is 2.43 bits per heavy atom. The predicted molar refractivity (Wildman–Crippen MR) is 53.4 cm³/mol. The molecular weight excluding hydrogens is 180 g/mol. The number of rotatable bonds is 5. The summed E-state index contributed by atoms with van der Waals surface area (Å²) in [4.78, 5) is 4.01. The summed E-state index contributed by atoms with van der Waals surface area (Å²) in [6, 6.07) is 2.03. The normalized spacial score (nSPS) is 9.71. The van der Waals surface area contributed by atoms with Gasteiger partial charge in [0, 0.05) is 6.54 Å². The van der Waals surface area contributed by atoms with Crippen molar-refractivity contribution in [2.24, 2.45) is 0 Å². The van der Waals surface area contributed by atoms with Crippen molar-refractivity contribution in [1.82, 2.24) is 14.8 Å². The molecule has 0 fully saturated rings. The molecule has 6 heteroatoms. The Labute approximate surface area is 82.7 Å². The minimum atomic E-state index is 0.346. The molecule has 1 aromatic rings. The van der Waals surface area contributed by atoms with E-state index < -0.39 is 0 Å². The van der Waals surface area contributed by atoms with Crippen molar-refractivity contribution in [3.63, 3.8) is 0 Å². The van der Waals surface area contributed by atoms with Gasteiger partial charge in [-0.05, 0) is 6.42 Å². The SMILES string of the molecule is CCCNc1nc(N)n(CCC#N)n1. The van der Waals surface area contributed by atoms with Gasteiger partial charge in [0.25, 0.3) is 0 Å². The first kappa shape index (κ1) is 10.3. The molecule has 0 saturated carbocycles. The summed E-state index contributed by atoms with van der Waals surface area (Å²) in [6.07, 6.45) is 1.40. The molecule has 0 aliphatic rings. The van der Waals surface area contributed by atoms with Gasteiger partial charge in [-0.3, -0.25) is 0 Å². The van der Waals surface area contributed by atoms with Crippen molar-refractivity contribution >= 4 is 11.9 Å². The van der Waals surface area contributed by atoms with Crippen LogP contribution in [0.25, 0.3) is 0 Å². The lowest BCUT2D eigenvalue weighted by molar-refractivity contribution is 0.637. The van der Waals surface area contributed by atoms with Crippen LogP contribution in [0.2, 0.25) is 0 Å². The van der Waals surface area contributed by atoms with Crippen LogP contribution in [0.15, 0.2) is 0 Å². The summed E-state index contributed by atoms with van der Waals surface area (Å²) in [7, 11) is 0. The van der Waals surface area contributed by atoms with Crippen molar-refractivity contribution in [1.29, 1.82) is 5.26 Å². The zero-order valence-electron chi connectivity index (χ0n) is 8.19. The first-order valence-electron chi connectivity index (χ1n) is 4.59. The summed E-state index contributed by atoms with van der Waals surface area (Å²) in [5, 5.41) is 15.5. The van der Waals surface area contributed by atoms with E-state index in [1.165, 1.54) is 4.68 Å². The average Bonchev–Trinajstić information content (AvgIpc) is 2.53. The van der Waals surface area contributed by atoms with Crippen LogP contribution in [0.5, 0.6) is 0 Å². The van der Waals surface area contributed by atoms with E-state index in [-0.39, 0.29) is 0 Å². The van der Waals surface area contributed by atoms with Crippen LogP contribution in [0, 0.1) is 11.3 Å². The fourth-order valence-electron chi connectivity index (χ4n) is 0.986. The number of aryl methyl sites for hydroxylation is 1. The van der Waals surface area contributed by atoms with E-state index in [2.05, 4.69) is 22.3 Å². The zero-order valence-corrected chi connectivity index (χ0v) is 8.19. The standard InChI is InChI=1S/C8H14N6/c1-2-5-11-8-12-7(10)14(13-8)6-3-4-9/h2-3,5-6H2,1H3,(H3,10,11,12,13). The number of nitriles is 1. The summed E-state index contributed by atoms with van der Waals surface area (Å²) in [5.74, 6) is 0.876. The Balaban J connectivity index is 2.58. The van der Waals surface area contributed by atoms with Crippen molar-refractivity contribution in [2.75, 3.05) is 17.6 Å². The second kappa shape index (κ2) is 5.07. The molecular formula is C8H14N6. The van der Waals surface area contributed by atoms with E-state index in [9.17, 15) is 0 Å². The van der Waals surface area contributed by atoms with Crippen molar-refractivity contribution in [2.45, 2.75) is 26.3 Å². The Bertz CT molecular complexity index is 323. The van der Waals surface area contributed by atoms with Gasteiger partial charge in [-0.1, -0.05) is 6.92 Å². The maximum absolute atomic E-state index is 8.40. The van der Waals surface area contributed by atoms with Crippen LogP contribution in [0.4, 0.5) is 11.9 Å². The van der Waals surface area contributed by atoms with Gasteiger partial charge in [0.2, 0.25) is 11.9 Å². The lowest BCUT2D eigenvalue weighted by Crippen LogP contribution is -2.05. The van der Waals surface area contributed by atoms with E-state index in [1.807, 2.05) is 6.07 Å². The Morgan fingerprint density at radius 3 is 3.07 bits per heavy atom. The highest BCUT2D eigenvalue weighted by Crippen LogP contribution is 2.05. The number of anilines is 2. The van der Waals surface area contributed by atoms with Gasteiger partial charge in [-0.2, -0.15) is 10.2 Å². The lowest BCUT2D eigenvalue weighted by atomic mass is 10.5. The second-order valence-electron chi connectivity index (χ2n) is 2.85. The molecule has 0 atom stereocenters. The van der Waals surface area contributed by atoms with E-state index in [0.29, 0.717) is 24.9 Å². The number of nitrogens with two attached hydrogens (primary N) is 1. The van der Waals surface area contributed by atoms with Crippen LogP contribution in [-0.2, 0) is 6.54 Å². The zero-order chi connectivity index (χ0) is 10.4. The molecule has 0 unspecified atom stereocenters. The third-order valence-electron chi connectivity index (χ3n) is 1.67. The molecule has 1 heterocycles. The highest BCUT2D eigenvalue weighted by atomic mass is 15.4. The minimum absolute atomic E-state index is 0.346. The van der Waals surface area contributed by atoms with Gasteiger partial charge >= 0.3 is 0 Å². The van der Waals surface area contributed by atoms with E-state index in [1.54, 1.807) is 0 Å². The molecule has 0 aliphatic carbocycles. The third kappa shape index (κ3) is 2.62.